The average Bonchev–Trinajstić information content (AvgIpc) is 2.98. The summed E-state index contributed by atoms with van der Waals surface area (Å²) in [6, 6.07) is 6.22. The molecule has 0 saturated carbocycles. The predicted molar refractivity (Wildman–Crippen MR) is 83.4 cm³/mol. The number of aromatic amines is 1. The molecule has 1 aromatic carbocycles. The van der Waals surface area contributed by atoms with Gasteiger partial charge in [-0.15, -0.1) is 0 Å². The maximum Gasteiger partial charge on any atom is 0.220 e. The number of benzene rings is 1. The van der Waals surface area contributed by atoms with Gasteiger partial charge in [0, 0.05) is 6.07 Å². The van der Waals surface area contributed by atoms with Crippen molar-refractivity contribution in [3.8, 4) is 23.3 Å². The highest BCUT2D eigenvalue weighted by Gasteiger charge is 2.17. The van der Waals surface area contributed by atoms with Crippen molar-refractivity contribution in [3.05, 3.63) is 40.5 Å². The molecule has 4 rings (SSSR count). The molecule has 9 heteroatoms. The number of fused-ring (bicyclic) bond motifs is 2. The van der Waals surface area contributed by atoms with E-state index in [-0.39, 0.29) is 39.0 Å². The van der Waals surface area contributed by atoms with Crippen LogP contribution in [0.2, 0.25) is 0 Å². The number of hydrogen-bond acceptors (Lipinski definition) is 5. The lowest BCUT2D eigenvalue weighted by atomic mass is 10.2. The Morgan fingerprint density at radius 3 is 2.57 bits per heavy atom. The fraction of sp³-hybridized carbons (Fsp3) is 0. The molecule has 3 heterocycles. The van der Waals surface area contributed by atoms with E-state index in [4.69, 9.17) is 17.6 Å². The maximum absolute atomic E-state index is 10.2. The third kappa shape index (κ3) is 1.83. The molecule has 0 fully saturated rings. The third-order valence-electron chi connectivity index (χ3n) is 3.61. The molecule has 0 saturated heterocycles. The SMILES string of the molecule is N=c1c2c(O)[nH]c(O)c2cc(O)n1-c1ccc2c(c1)=NC(=S)N=2. The highest BCUT2D eigenvalue weighted by molar-refractivity contribution is 7.80. The van der Waals surface area contributed by atoms with Crippen LogP contribution in [0.5, 0.6) is 17.6 Å². The Labute approximate surface area is 132 Å². The molecule has 114 valence electrons. The Morgan fingerprint density at radius 1 is 1.04 bits per heavy atom. The first-order chi connectivity index (χ1) is 11.0. The minimum Gasteiger partial charge on any atom is -0.494 e. The molecular weight excluding hydrogens is 318 g/mol. The van der Waals surface area contributed by atoms with E-state index in [0.717, 1.165) is 0 Å². The Hall–Kier alpha value is -3.20. The molecule has 8 nitrogen and oxygen atoms in total. The van der Waals surface area contributed by atoms with Crippen molar-refractivity contribution in [2.45, 2.75) is 0 Å². The Kier molecular flexibility index (Phi) is 2.57. The summed E-state index contributed by atoms with van der Waals surface area (Å²) in [5.74, 6) is -0.936. The van der Waals surface area contributed by atoms with Gasteiger partial charge in [-0.3, -0.25) is 15.0 Å². The van der Waals surface area contributed by atoms with Gasteiger partial charge in [0.15, 0.2) is 11.8 Å². The summed E-state index contributed by atoms with van der Waals surface area (Å²) in [5.41, 5.74) is 0.267. The van der Waals surface area contributed by atoms with Gasteiger partial charge in [-0.2, -0.15) is 0 Å². The molecule has 0 aliphatic carbocycles. The minimum atomic E-state index is -0.349. The predicted octanol–water partition coefficient (Wildman–Crippen LogP) is 0.0926. The van der Waals surface area contributed by atoms with Crippen molar-refractivity contribution in [3.63, 3.8) is 0 Å². The summed E-state index contributed by atoms with van der Waals surface area (Å²) >= 11 is 4.93. The first kappa shape index (κ1) is 13.5. The second kappa shape index (κ2) is 4.40. The van der Waals surface area contributed by atoms with Gasteiger partial charge in [-0.25, -0.2) is 9.98 Å². The standard InChI is InChI=1S/C14H9N5O3S/c15-11-10-6(12(21)18-13(10)22)4-9(20)19(11)5-1-2-7-8(3-5)17-14(23)16-7/h1-4,15,18,20-22H. The fourth-order valence-corrected chi connectivity index (χ4v) is 2.81. The van der Waals surface area contributed by atoms with Crippen molar-refractivity contribution in [2.75, 3.05) is 0 Å². The van der Waals surface area contributed by atoms with Crippen molar-refractivity contribution >= 4 is 28.1 Å². The van der Waals surface area contributed by atoms with E-state index < -0.39 is 0 Å². The molecular formula is C14H9N5O3S. The molecule has 1 aliphatic heterocycles. The molecule has 0 amide bonds. The summed E-state index contributed by atoms with van der Waals surface area (Å²) in [4.78, 5) is 10.5. The van der Waals surface area contributed by atoms with Crippen LogP contribution in [-0.2, 0) is 0 Å². The zero-order chi connectivity index (χ0) is 16.3. The van der Waals surface area contributed by atoms with Crippen LogP contribution in [0.3, 0.4) is 0 Å². The van der Waals surface area contributed by atoms with Crippen LogP contribution in [0, 0.1) is 5.41 Å². The summed E-state index contributed by atoms with van der Waals surface area (Å²) < 4.78 is 1.21. The molecule has 1 aliphatic rings. The molecule has 0 radical (unpaired) electrons. The quantitative estimate of drug-likeness (QED) is 0.406. The fourth-order valence-electron chi connectivity index (χ4n) is 2.62. The summed E-state index contributed by atoms with van der Waals surface area (Å²) in [5, 5.41) is 39.7. The van der Waals surface area contributed by atoms with Crippen LogP contribution in [0.15, 0.2) is 34.3 Å². The van der Waals surface area contributed by atoms with E-state index in [0.29, 0.717) is 16.4 Å². The third-order valence-corrected chi connectivity index (χ3v) is 3.79. The minimum absolute atomic E-state index is 0.0953. The Balaban J connectivity index is 2.08. The lowest BCUT2D eigenvalue weighted by Gasteiger charge is -2.10. The van der Waals surface area contributed by atoms with Crippen LogP contribution < -0.4 is 16.2 Å². The number of aromatic nitrogens is 2. The zero-order valence-electron chi connectivity index (χ0n) is 11.4. The Bertz CT molecular complexity index is 1190. The van der Waals surface area contributed by atoms with E-state index in [1.165, 1.54) is 10.6 Å². The highest BCUT2D eigenvalue weighted by atomic mass is 32.1. The molecule has 0 unspecified atom stereocenters. The first-order valence-corrected chi connectivity index (χ1v) is 6.91. The smallest absolute Gasteiger partial charge is 0.220 e. The number of rotatable bonds is 1. The first-order valence-electron chi connectivity index (χ1n) is 6.51. The van der Waals surface area contributed by atoms with Crippen LogP contribution in [0.25, 0.3) is 16.5 Å². The largest absolute Gasteiger partial charge is 0.494 e. The molecule has 0 spiro atoms. The van der Waals surface area contributed by atoms with E-state index >= 15 is 0 Å². The van der Waals surface area contributed by atoms with Crippen molar-refractivity contribution in [1.82, 2.24) is 9.55 Å². The number of nitrogens with one attached hydrogen (secondary N) is 2. The maximum atomic E-state index is 10.2. The van der Waals surface area contributed by atoms with Crippen molar-refractivity contribution in [1.29, 1.82) is 5.41 Å². The molecule has 5 N–H and O–H groups in total. The molecule has 3 aromatic rings. The van der Waals surface area contributed by atoms with Gasteiger partial charge in [0.05, 0.1) is 27.2 Å². The van der Waals surface area contributed by atoms with Crippen LogP contribution in [0.4, 0.5) is 0 Å². The van der Waals surface area contributed by atoms with Crippen molar-refractivity contribution < 1.29 is 15.3 Å². The summed E-state index contributed by atoms with van der Waals surface area (Å²) in [7, 11) is 0. The molecule has 0 atom stereocenters. The lowest BCUT2D eigenvalue weighted by Crippen LogP contribution is -2.25. The topological polar surface area (TPSA) is 130 Å². The number of aromatic hydroxyl groups is 3. The lowest BCUT2D eigenvalue weighted by molar-refractivity contribution is 0.428. The van der Waals surface area contributed by atoms with Gasteiger partial charge >= 0.3 is 0 Å². The number of H-pyrrole nitrogens is 1. The van der Waals surface area contributed by atoms with E-state index in [9.17, 15) is 15.3 Å². The second-order valence-electron chi connectivity index (χ2n) is 4.98. The summed E-state index contributed by atoms with van der Waals surface area (Å²) in [6.45, 7) is 0. The average molecular weight is 327 g/mol. The Morgan fingerprint density at radius 2 is 1.78 bits per heavy atom. The van der Waals surface area contributed by atoms with Gasteiger partial charge < -0.3 is 15.3 Å². The van der Waals surface area contributed by atoms with Gasteiger partial charge in [0.2, 0.25) is 11.0 Å². The molecule has 23 heavy (non-hydrogen) atoms. The number of hydrogen-bond donors (Lipinski definition) is 5. The second-order valence-corrected chi connectivity index (χ2v) is 5.34. The van der Waals surface area contributed by atoms with Crippen molar-refractivity contribution in [2.24, 2.45) is 9.98 Å². The molecule has 2 aromatic heterocycles. The van der Waals surface area contributed by atoms with Crippen LogP contribution in [0.1, 0.15) is 0 Å². The van der Waals surface area contributed by atoms with Crippen LogP contribution >= 0.6 is 12.2 Å². The van der Waals surface area contributed by atoms with Gasteiger partial charge in [-0.05, 0) is 30.4 Å². The van der Waals surface area contributed by atoms with Gasteiger partial charge in [0.25, 0.3) is 0 Å². The number of thiocarbonyl (C=S) groups is 1. The van der Waals surface area contributed by atoms with E-state index in [1.807, 2.05) is 0 Å². The number of pyridine rings is 1. The number of nitrogens with zero attached hydrogens (tertiary/aromatic N) is 3. The highest BCUT2D eigenvalue weighted by Crippen LogP contribution is 2.32. The van der Waals surface area contributed by atoms with E-state index in [2.05, 4.69) is 15.0 Å². The summed E-state index contributed by atoms with van der Waals surface area (Å²) in [6.07, 6.45) is 0. The molecule has 0 bridgehead atoms. The van der Waals surface area contributed by atoms with E-state index in [1.54, 1.807) is 18.2 Å². The normalized spacial score (nSPS) is 13.0. The van der Waals surface area contributed by atoms with Crippen LogP contribution in [-0.4, -0.2) is 30.0 Å². The van der Waals surface area contributed by atoms with Gasteiger partial charge in [-0.1, -0.05) is 0 Å². The zero-order valence-corrected chi connectivity index (χ0v) is 12.2. The van der Waals surface area contributed by atoms with Gasteiger partial charge in [0.1, 0.15) is 5.49 Å². The monoisotopic (exact) mass is 327 g/mol.